The highest BCUT2D eigenvalue weighted by atomic mass is 19.1. The van der Waals surface area contributed by atoms with Gasteiger partial charge in [-0.15, -0.1) is 0 Å². The zero-order valence-electron chi connectivity index (χ0n) is 12.1. The highest BCUT2D eigenvalue weighted by molar-refractivity contribution is 5.40. The van der Waals surface area contributed by atoms with Gasteiger partial charge in [0.1, 0.15) is 5.82 Å². The molecule has 0 spiro atoms. The summed E-state index contributed by atoms with van der Waals surface area (Å²) in [6.45, 7) is 5.57. The normalized spacial score (nSPS) is 10.5. The van der Waals surface area contributed by atoms with Crippen molar-refractivity contribution in [2.75, 3.05) is 13.2 Å². The first kappa shape index (κ1) is 15.8. The zero-order chi connectivity index (χ0) is 13.9. The zero-order valence-corrected chi connectivity index (χ0v) is 12.1. The summed E-state index contributed by atoms with van der Waals surface area (Å²) in [6.07, 6.45) is 6.58. The van der Waals surface area contributed by atoms with Gasteiger partial charge in [0.2, 0.25) is 0 Å². The van der Waals surface area contributed by atoms with Crippen molar-refractivity contribution in [1.29, 1.82) is 0 Å². The third kappa shape index (κ3) is 6.46. The SMILES string of the molecule is CCCCCOc1ccc(F)cc1OCCCCC. The van der Waals surface area contributed by atoms with Crippen LogP contribution < -0.4 is 9.47 Å². The van der Waals surface area contributed by atoms with E-state index in [9.17, 15) is 4.39 Å². The molecule has 0 saturated heterocycles. The van der Waals surface area contributed by atoms with E-state index in [0.29, 0.717) is 24.7 Å². The Hall–Kier alpha value is -1.25. The molecule has 0 aliphatic rings. The molecular formula is C16H25FO2. The lowest BCUT2D eigenvalue weighted by Gasteiger charge is -2.12. The van der Waals surface area contributed by atoms with Gasteiger partial charge in [-0.25, -0.2) is 4.39 Å². The molecule has 0 N–H and O–H groups in total. The van der Waals surface area contributed by atoms with Gasteiger partial charge in [-0.1, -0.05) is 39.5 Å². The van der Waals surface area contributed by atoms with E-state index in [1.807, 2.05) is 0 Å². The van der Waals surface area contributed by atoms with Crippen molar-refractivity contribution in [3.05, 3.63) is 24.0 Å². The molecule has 0 unspecified atom stereocenters. The third-order valence-corrected chi connectivity index (χ3v) is 2.92. The lowest BCUT2D eigenvalue weighted by Crippen LogP contribution is -2.03. The molecule has 0 aromatic heterocycles. The summed E-state index contributed by atoms with van der Waals surface area (Å²) in [5.74, 6) is 0.882. The minimum absolute atomic E-state index is 0.286. The van der Waals surface area contributed by atoms with Crippen LogP contribution in [0.25, 0.3) is 0 Å². The number of hydrogen-bond acceptors (Lipinski definition) is 2. The minimum atomic E-state index is -0.286. The van der Waals surface area contributed by atoms with Crippen LogP contribution in [0.5, 0.6) is 11.5 Å². The van der Waals surface area contributed by atoms with Crippen LogP contribution in [0.4, 0.5) is 4.39 Å². The van der Waals surface area contributed by atoms with E-state index in [4.69, 9.17) is 9.47 Å². The van der Waals surface area contributed by atoms with Crippen LogP contribution in [0, 0.1) is 5.82 Å². The topological polar surface area (TPSA) is 18.5 Å². The molecule has 0 atom stereocenters. The summed E-state index contributed by atoms with van der Waals surface area (Å²) < 4.78 is 24.5. The first-order valence-electron chi connectivity index (χ1n) is 7.33. The number of rotatable bonds is 10. The molecule has 0 aliphatic heterocycles. The van der Waals surface area contributed by atoms with E-state index in [1.54, 1.807) is 6.07 Å². The van der Waals surface area contributed by atoms with Crippen LogP contribution in [0.3, 0.4) is 0 Å². The van der Waals surface area contributed by atoms with Crippen molar-refractivity contribution in [3.8, 4) is 11.5 Å². The Kier molecular flexibility index (Phi) is 8.03. The highest BCUT2D eigenvalue weighted by Gasteiger charge is 2.06. The van der Waals surface area contributed by atoms with Crippen molar-refractivity contribution < 1.29 is 13.9 Å². The van der Waals surface area contributed by atoms with E-state index in [-0.39, 0.29) is 5.82 Å². The Morgan fingerprint density at radius 3 is 2.00 bits per heavy atom. The molecule has 0 amide bonds. The van der Waals surface area contributed by atoms with Crippen molar-refractivity contribution in [3.63, 3.8) is 0 Å². The molecule has 2 nitrogen and oxygen atoms in total. The maximum atomic E-state index is 13.2. The van der Waals surface area contributed by atoms with E-state index in [0.717, 1.165) is 38.5 Å². The van der Waals surface area contributed by atoms with Crippen molar-refractivity contribution in [2.45, 2.75) is 52.4 Å². The molecule has 0 radical (unpaired) electrons. The molecule has 0 heterocycles. The number of ether oxygens (including phenoxy) is 2. The Bertz CT molecular complexity index is 353. The summed E-state index contributed by atoms with van der Waals surface area (Å²) in [5.41, 5.74) is 0. The Labute approximate surface area is 115 Å². The van der Waals surface area contributed by atoms with Gasteiger partial charge in [0.05, 0.1) is 13.2 Å². The molecule has 1 aromatic carbocycles. The van der Waals surface area contributed by atoms with Gasteiger partial charge < -0.3 is 9.47 Å². The van der Waals surface area contributed by atoms with E-state index in [2.05, 4.69) is 13.8 Å². The number of halogens is 1. The molecule has 3 heteroatoms. The van der Waals surface area contributed by atoms with E-state index < -0.39 is 0 Å². The fourth-order valence-corrected chi connectivity index (χ4v) is 1.78. The molecular weight excluding hydrogens is 243 g/mol. The number of hydrogen-bond donors (Lipinski definition) is 0. The van der Waals surface area contributed by atoms with Crippen LogP contribution in [0.1, 0.15) is 52.4 Å². The summed E-state index contributed by atoms with van der Waals surface area (Å²) in [7, 11) is 0. The van der Waals surface area contributed by atoms with Gasteiger partial charge in [-0.2, -0.15) is 0 Å². The molecule has 1 rings (SSSR count). The molecule has 1 aromatic rings. The van der Waals surface area contributed by atoms with Gasteiger partial charge in [0, 0.05) is 6.07 Å². The van der Waals surface area contributed by atoms with Crippen molar-refractivity contribution >= 4 is 0 Å². The average Bonchev–Trinajstić information content (AvgIpc) is 2.41. The lowest BCUT2D eigenvalue weighted by atomic mass is 10.2. The second-order valence-corrected chi connectivity index (χ2v) is 4.70. The number of unbranched alkanes of at least 4 members (excludes halogenated alkanes) is 4. The van der Waals surface area contributed by atoms with Gasteiger partial charge >= 0.3 is 0 Å². The number of benzene rings is 1. The van der Waals surface area contributed by atoms with E-state index >= 15 is 0 Å². The van der Waals surface area contributed by atoms with Crippen LogP contribution in [-0.2, 0) is 0 Å². The van der Waals surface area contributed by atoms with Gasteiger partial charge in [0.25, 0.3) is 0 Å². The fraction of sp³-hybridized carbons (Fsp3) is 0.625. The summed E-state index contributed by atoms with van der Waals surface area (Å²) >= 11 is 0. The minimum Gasteiger partial charge on any atom is -0.490 e. The summed E-state index contributed by atoms with van der Waals surface area (Å²) in [4.78, 5) is 0. The maximum Gasteiger partial charge on any atom is 0.164 e. The molecule has 0 bridgehead atoms. The third-order valence-electron chi connectivity index (χ3n) is 2.92. The maximum absolute atomic E-state index is 13.2. The second-order valence-electron chi connectivity index (χ2n) is 4.70. The predicted octanol–water partition coefficient (Wildman–Crippen LogP) is 4.96. The fourth-order valence-electron chi connectivity index (χ4n) is 1.78. The van der Waals surface area contributed by atoms with Crippen LogP contribution in [0.15, 0.2) is 18.2 Å². The Morgan fingerprint density at radius 1 is 0.842 bits per heavy atom. The molecule has 108 valence electrons. The smallest absolute Gasteiger partial charge is 0.164 e. The standard InChI is InChI=1S/C16H25FO2/c1-3-5-7-11-18-15-10-9-14(17)13-16(15)19-12-8-6-4-2/h9-10,13H,3-8,11-12H2,1-2H3. The Balaban J connectivity index is 2.48. The monoisotopic (exact) mass is 268 g/mol. The lowest BCUT2D eigenvalue weighted by molar-refractivity contribution is 0.258. The van der Waals surface area contributed by atoms with Crippen LogP contribution in [-0.4, -0.2) is 13.2 Å². The van der Waals surface area contributed by atoms with Gasteiger partial charge in [-0.05, 0) is 25.0 Å². The first-order valence-corrected chi connectivity index (χ1v) is 7.33. The molecule has 19 heavy (non-hydrogen) atoms. The quantitative estimate of drug-likeness (QED) is 0.558. The molecule has 0 aliphatic carbocycles. The summed E-state index contributed by atoms with van der Waals surface area (Å²) in [5, 5.41) is 0. The van der Waals surface area contributed by atoms with Crippen molar-refractivity contribution in [1.82, 2.24) is 0 Å². The van der Waals surface area contributed by atoms with Gasteiger partial charge in [0.15, 0.2) is 11.5 Å². The largest absolute Gasteiger partial charge is 0.490 e. The second kappa shape index (κ2) is 9.65. The average molecular weight is 268 g/mol. The van der Waals surface area contributed by atoms with Crippen LogP contribution >= 0.6 is 0 Å². The van der Waals surface area contributed by atoms with Gasteiger partial charge in [-0.3, -0.25) is 0 Å². The summed E-state index contributed by atoms with van der Waals surface area (Å²) in [6, 6.07) is 4.46. The predicted molar refractivity (Wildman–Crippen MR) is 76.4 cm³/mol. The highest BCUT2D eigenvalue weighted by Crippen LogP contribution is 2.28. The van der Waals surface area contributed by atoms with Crippen molar-refractivity contribution in [2.24, 2.45) is 0 Å². The molecule has 0 saturated carbocycles. The molecule has 0 fully saturated rings. The first-order chi connectivity index (χ1) is 9.27. The Morgan fingerprint density at radius 2 is 1.42 bits per heavy atom. The van der Waals surface area contributed by atoms with Crippen LogP contribution in [0.2, 0.25) is 0 Å². The van der Waals surface area contributed by atoms with E-state index in [1.165, 1.54) is 12.1 Å².